The summed E-state index contributed by atoms with van der Waals surface area (Å²) < 4.78 is 36.6. The Bertz CT molecular complexity index is 380. The van der Waals surface area contributed by atoms with Crippen molar-refractivity contribution in [2.24, 2.45) is 0 Å². The highest BCUT2D eigenvalue weighted by atomic mass is 127. The fourth-order valence-electron chi connectivity index (χ4n) is 0.741. The summed E-state index contributed by atoms with van der Waals surface area (Å²) in [6.07, 6.45) is -3.86. The molecule has 0 aliphatic rings. The Morgan fingerprint density at radius 3 is 2.50 bits per heavy atom. The molecule has 0 amide bonds. The van der Waals surface area contributed by atoms with Gasteiger partial charge in [-0.25, -0.2) is 4.98 Å². The Kier molecular flexibility index (Phi) is 3.36. The van der Waals surface area contributed by atoms with Crippen LogP contribution in [-0.4, -0.2) is 10.2 Å². The van der Waals surface area contributed by atoms with Crippen molar-refractivity contribution < 1.29 is 18.0 Å². The van der Waals surface area contributed by atoms with E-state index in [0.717, 1.165) is 0 Å². The van der Waals surface area contributed by atoms with E-state index in [2.05, 4.69) is 4.98 Å². The van der Waals surface area contributed by atoms with Crippen LogP contribution in [0.5, 0.6) is 0 Å². The monoisotopic (exact) mass is 335 g/mol. The summed E-state index contributed by atoms with van der Waals surface area (Å²) in [6.45, 7) is 0. The van der Waals surface area contributed by atoms with Crippen LogP contribution in [0.25, 0.3) is 0 Å². The minimum atomic E-state index is -4.52. The van der Waals surface area contributed by atoms with Gasteiger partial charge in [0.05, 0.1) is 11.1 Å². The second kappa shape index (κ2) is 4.01. The number of rotatable bonds is 1. The van der Waals surface area contributed by atoms with Crippen molar-refractivity contribution in [3.8, 4) is 0 Å². The summed E-state index contributed by atoms with van der Waals surface area (Å²) >= 11 is 6.72. The number of pyridine rings is 1. The fourth-order valence-corrected chi connectivity index (χ4v) is 1.58. The quantitative estimate of drug-likeness (QED) is 0.448. The molecule has 0 saturated heterocycles. The molecule has 0 fully saturated rings. The minimum Gasteiger partial charge on any atom is -0.276 e. The average molecular weight is 335 g/mol. The Morgan fingerprint density at radius 2 is 2.07 bits per heavy atom. The third-order valence-electron chi connectivity index (χ3n) is 1.38. The molecule has 1 aromatic heterocycles. The van der Waals surface area contributed by atoms with Gasteiger partial charge in [0, 0.05) is 6.20 Å². The highest BCUT2D eigenvalue weighted by Crippen LogP contribution is 2.30. The lowest BCUT2D eigenvalue weighted by Crippen LogP contribution is -2.08. The molecule has 0 spiro atoms. The van der Waals surface area contributed by atoms with Crippen molar-refractivity contribution in [2.75, 3.05) is 0 Å². The van der Waals surface area contributed by atoms with Gasteiger partial charge in [-0.05, 0) is 40.3 Å². The number of carbonyl (C=O) groups is 1. The van der Waals surface area contributed by atoms with Gasteiger partial charge < -0.3 is 0 Å². The smallest absolute Gasteiger partial charge is 0.276 e. The SMILES string of the molecule is O=C(Cl)c1cc(C(F)(F)F)cnc1I. The largest absolute Gasteiger partial charge is 0.417 e. The van der Waals surface area contributed by atoms with Gasteiger partial charge in [-0.3, -0.25) is 4.79 Å². The number of aromatic nitrogens is 1. The second-order valence-corrected chi connectivity index (χ2v) is 3.70. The van der Waals surface area contributed by atoms with Crippen molar-refractivity contribution >= 4 is 39.4 Å². The van der Waals surface area contributed by atoms with Gasteiger partial charge in [-0.15, -0.1) is 0 Å². The summed E-state index contributed by atoms with van der Waals surface area (Å²) in [4.78, 5) is 14.1. The maximum atomic E-state index is 12.2. The van der Waals surface area contributed by atoms with Crippen LogP contribution >= 0.6 is 34.2 Å². The first-order valence-electron chi connectivity index (χ1n) is 3.25. The molecule has 1 heterocycles. The van der Waals surface area contributed by atoms with E-state index in [1.54, 1.807) is 22.6 Å². The van der Waals surface area contributed by atoms with Crippen LogP contribution in [0.3, 0.4) is 0 Å². The molecule has 0 bridgehead atoms. The molecule has 14 heavy (non-hydrogen) atoms. The van der Waals surface area contributed by atoms with Crippen molar-refractivity contribution in [3.05, 3.63) is 27.1 Å². The molecular formula is C7H2ClF3INO. The normalized spacial score (nSPS) is 11.5. The number of halogens is 5. The standard InChI is InChI=1S/C7H2ClF3INO/c8-5(14)4-1-3(7(9,10)11)2-13-6(4)12/h1-2H. The van der Waals surface area contributed by atoms with Gasteiger partial charge in [-0.1, -0.05) is 0 Å². The van der Waals surface area contributed by atoms with E-state index in [4.69, 9.17) is 11.6 Å². The van der Waals surface area contributed by atoms with Gasteiger partial charge in [0.15, 0.2) is 0 Å². The number of hydrogen-bond donors (Lipinski definition) is 0. The molecule has 0 saturated carbocycles. The topological polar surface area (TPSA) is 30.0 Å². The zero-order chi connectivity index (χ0) is 10.9. The van der Waals surface area contributed by atoms with E-state index in [-0.39, 0.29) is 9.26 Å². The van der Waals surface area contributed by atoms with Gasteiger partial charge >= 0.3 is 6.18 Å². The summed E-state index contributed by atoms with van der Waals surface area (Å²) in [7, 11) is 0. The first kappa shape index (κ1) is 11.7. The Hall–Kier alpha value is -0.370. The first-order chi connectivity index (χ1) is 6.32. The molecule has 0 N–H and O–H groups in total. The predicted molar refractivity (Wildman–Crippen MR) is 52.1 cm³/mol. The van der Waals surface area contributed by atoms with E-state index in [0.29, 0.717) is 12.3 Å². The minimum absolute atomic E-state index is 0.149. The third kappa shape index (κ3) is 2.57. The first-order valence-corrected chi connectivity index (χ1v) is 4.70. The lowest BCUT2D eigenvalue weighted by Gasteiger charge is -2.07. The van der Waals surface area contributed by atoms with Crippen LogP contribution in [0.2, 0.25) is 0 Å². The number of carbonyl (C=O) groups excluding carboxylic acids is 1. The molecule has 0 aromatic carbocycles. The molecule has 0 atom stereocenters. The summed E-state index contributed by atoms with van der Waals surface area (Å²) in [5, 5.41) is -0.951. The number of hydrogen-bond acceptors (Lipinski definition) is 2. The van der Waals surface area contributed by atoms with E-state index in [1.807, 2.05) is 0 Å². The fraction of sp³-hybridized carbons (Fsp3) is 0.143. The molecule has 76 valence electrons. The third-order valence-corrected chi connectivity index (χ3v) is 2.44. The van der Waals surface area contributed by atoms with Gasteiger partial charge in [0.25, 0.3) is 5.24 Å². The highest BCUT2D eigenvalue weighted by Gasteiger charge is 2.32. The number of alkyl halides is 3. The Morgan fingerprint density at radius 1 is 1.50 bits per heavy atom. The molecule has 7 heteroatoms. The van der Waals surface area contributed by atoms with Crippen LogP contribution in [0.4, 0.5) is 13.2 Å². The zero-order valence-corrected chi connectivity index (χ0v) is 9.31. The molecule has 0 radical (unpaired) electrons. The maximum absolute atomic E-state index is 12.2. The van der Waals surface area contributed by atoms with Gasteiger partial charge in [0.1, 0.15) is 3.70 Å². The molecule has 0 unspecified atom stereocenters. The Labute approximate surface area is 95.6 Å². The lowest BCUT2D eigenvalue weighted by atomic mass is 10.2. The summed E-state index contributed by atoms with van der Waals surface area (Å²) in [5.41, 5.74) is -1.22. The molecule has 1 aromatic rings. The van der Waals surface area contributed by atoms with E-state index >= 15 is 0 Å². The van der Waals surface area contributed by atoms with Crippen LogP contribution < -0.4 is 0 Å². The predicted octanol–water partition coefficient (Wildman–Crippen LogP) is 3.08. The van der Waals surface area contributed by atoms with Gasteiger partial charge in [-0.2, -0.15) is 13.2 Å². The molecule has 0 aliphatic heterocycles. The molecular weight excluding hydrogens is 333 g/mol. The maximum Gasteiger partial charge on any atom is 0.417 e. The van der Waals surface area contributed by atoms with E-state index in [9.17, 15) is 18.0 Å². The molecule has 1 rings (SSSR count). The van der Waals surface area contributed by atoms with Crippen LogP contribution in [-0.2, 0) is 6.18 Å². The van der Waals surface area contributed by atoms with Crippen LogP contribution in [0.15, 0.2) is 12.3 Å². The number of nitrogens with zero attached hydrogens (tertiary/aromatic N) is 1. The van der Waals surface area contributed by atoms with Crippen molar-refractivity contribution in [1.82, 2.24) is 4.98 Å². The van der Waals surface area contributed by atoms with Crippen molar-refractivity contribution in [2.45, 2.75) is 6.18 Å². The van der Waals surface area contributed by atoms with Gasteiger partial charge in [0.2, 0.25) is 0 Å². The van der Waals surface area contributed by atoms with Crippen LogP contribution in [0.1, 0.15) is 15.9 Å². The molecule has 2 nitrogen and oxygen atoms in total. The van der Waals surface area contributed by atoms with E-state index < -0.39 is 17.0 Å². The lowest BCUT2D eigenvalue weighted by molar-refractivity contribution is -0.137. The van der Waals surface area contributed by atoms with Crippen molar-refractivity contribution in [1.29, 1.82) is 0 Å². The zero-order valence-electron chi connectivity index (χ0n) is 6.40. The van der Waals surface area contributed by atoms with Crippen molar-refractivity contribution in [3.63, 3.8) is 0 Å². The van der Waals surface area contributed by atoms with E-state index in [1.165, 1.54) is 0 Å². The summed E-state index contributed by atoms with van der Waals surface area (Å²) in [6, 6.07) is 0.685. The Balaban J connectivity index is 3.27. The van der Waals surface area contributed by atoms with Crippen LogP contribution in [0, 0.1) is 3.70 Å². The summed E-state index contributed by atoms with van der Waals surface area (Å²) in [5.74, 6) is 0. The molecule has 0 aliphatic carbocycles. The second-order valence-electron chi connectivity index (χ2n) is 2.33. The highest BCUT2D eigenvalue weighted by molar-refractivity contribution is 14.1. The average Bonchev–Trinajstić information content (AvgIpc) is 2.02.